The molecule has 0 aromatic heterocycles. The molecule has 0 aliphatic carbocycles. The quantitative estimate of drug-likeness (QED) is 0.900. The number of likely N-dealkylation sites (N-methyl/N-ethyl adjacent to an activating group) is 1. The first-order valence-electron chi connectivity index (χ1n) is 7.31. The van der Waals surface area contributed by atoms with Crippen LogP contribution < -0.4 is 5.73 Å². The van der Waals surface area contributed by atoms with Crippen molar-refractivity contribution in [3.8, 4) is 0 Å². The number of carbonyl (C=O) groups excluding carboxylic acids is 1. The van der Waals surface area contributed by atoms with Gasteiger partial charge >= 0.3 is 0 Å². The van der Waals surface area contributed by atoms with Gasteiger partial charge in [0.05, 0.1) is 0 Å². The van der Waals surface area contributed by atoms with E-state index in [9.17, 15) is 4.79 Å². The maximum absolute atomic E-state index is 12.3. The summed E-state index contributed by atoms with van der Waals surface area (Å²) in [4.78, 5) is 14.2. The molecule has 3 nitrogen and oxygen atoms in total. The highest BCUT2D eigenvalue weighted by molar-refractivity contribution is 6.32. The number of Topliss-reactive ketones (excluding diaryl/α,β-unsaturated/α-hetero) is 1. The number of hydrogen-bond donors (Lipinski definition) is 1. The Kier molecular flexibility index (Phi) is 5.17. The summed E-state index contributed by atoms with van der Waals surface area (Å²) in [5.41, 5.74) is 8.29. The number of nitrogens with two attached hydrogens (primary N) is 1. The zero-order valence-electron chi connectivity index (χ0n) is 13.1. The Morgan fingerprint density at radius 2 is 1.87 bits per heavy atom. The Morgan fingerprint density at radius 1 is 1.22 bits per heavy atom. The van der Waals surface area contributed by atoms with Crippen molar-refractivity contribution in [1.29, 1.82) is 0 Å². The van der Waals surface area contributed by atoms with Crippen molar-refractivity contribution in [2.24, 2.45) is 5.73 Å². The Balaban J connectivity index is 0.00000192. The Labute approximate surface area is 147 Å². The first kappa shape index (κ1) is 18.0. The monoisotopic (exact) mass is 350 g/mol. The number of hydrogen-bond acceptors (Lipinski definition) is 3. The van der Waals surface area contributed by atoms with E-state index in [2.05, 4.69) is 12.1 Å². The van der Waals surface area contributed by atoms with Crippen LogP contribution in [0.4, 0.5) is 0 Å². The third-order valence-electron chi connectivity index (χ3n) is 4.60. The molecule has 0 spiro atoms. The van der Waals surface area contributed by atoms with Crippen LogP contribution in [0, 0.1) is 0 Å². The maximum Gasteiger partial charge on any atom is 0.169 e. The zero-order valence-corrected chi connectivity index (χ0v) is 14.7. The van der Waals surface area contributed by atoms with Crippen molar-refractivity contribution < 1.29 is 4.79 Å². The van der Waals surface area contributed by atoms with E-state index in [1.165, 1.54) is 12.5 Å². The molecule has 0 saturated heterocycles. The van der Waals surface area contributed by atoms with Crippen LogP contribution in [-0.2, 0) is 10.5 Å². The maximum atomic E-state index is 12.3. The third-order valence-corrected chi connectivity index (χ3v) is 4.91. The minimum Gasteiger partial charge on any atom is -0.303 e. The van der Waals surface area contributed by atoms with Crippen LogP contribution in [0.5, 0.6) is 0 Å². The van der Waals surface area contributed by atoms with Gasteiger partial charge < -0.3 is 5.73 Å². The summed E-state index contributed by atoms with van der Waals surface area (Å²) < 4.78 is 0. The Morgan fingerprint density at radius 3 is 2.48 bits per heavy atom. The lowest BCUT2D eigenvalue weighted by atomic mass is 9.77. The van der Waals surface area contributed by atoms with Crippen LogP contribution in [0.15, 0.2) is 48.5 Å². The minimum atomic E-state index is -1.17. The van der Waals surface area contributed by atoms with Gasteiger partial charge in [0.25, 0.3) is 0 Å². The van der Waals surface area contributed by atoms with E-state index in [-0.39, 0.29) is 24.1 Å². The molecule has 122 valence electrons. The fourth-order valence-corrected chi connectivity index (χ4v) is 3.68. The molecule has 2 aromatic carbocycles. The average Bonchev–Trinajstić information content (AvgIpc) is 2.51. The number of ketones is 1. The summed E-state index contributed by atoms with van der Waals surface area (Å²) in [5.74, 6) is 0.0480. The van der Waals surface area contributed by atoms with Gasteiger partial charge in [-0.2, -0.15) is 0 Å². The van der Waals surface area contributed by atoms with E-state index in [0.717, 1.165) is 11.1 Å². The van der Waals surface area contributed by atoms with Crippen LogP contribution in [0.1, 0.15) is 29.5 Å². The fraction of sp³-hybridized carbons (Fsp3) is 0.278. The third kappa shape index (κ3) is 2.79. The molecule has 3 rings (SSSR count). The second-order valence-corrected chi connectivity index (χ2v) is 6.28. The first-order chi connectivity index (χ1) is 10.5. The Bertz CT molecular complexity index is 720. The molecule has 2 unspecified atom stereocenters. The highest BCUT2D eigenvalue weighted by Gasteiger charge is 2.46. The lowest BCUT2D eigenvalue weighted by Crippen LogP contribution is -2.60. The summed E-state index contributed by atoms with van der Waals surface area (Å²) in [7, 11) is 1.88. The molecule has 1 aliphatic rings. The molecule has 1 heterocycles. The van der Waals surface area contributed by atoms with Crippen LogP contribution in [0.25, 0.3) is 0 Å². The molecule has 2 N–H and O–H groups in total. The van der Waals surface area contributed by atoms with Gasteiger partial charge in [-0.3, -0.25) is 9.69 Å². The molecule has 0 radical (unpaired) electrons. The standard InChI is InChI=1S/C18H19ClN2O.ClH/c1-12(22)18(20)17-14(9-6-10-16(17)19)15(11-21(18)2)13-7-4-3-5-8-13;/h3-10,15H,11,20H2,1-2H3;1H. The molecule has 23 heavy (non-hydrogen) atoms. The number of rotatable bonds is 2. The summed E-state index contributed by atoms with van der Waals surface area (Å²) in [5, 5.41) is 0.544. The highest BCUT2D eigenvalue weighted by Crippen LogP contribution is 2.43. The highest BCUT2D eigenvalue weighted by atomic mass is 35.5. The van der Waals surface area contributed by atoms with Crippen molar-refractivity contribution in [2.75, 3.05) is 13.6 Å². The number of nitrogens with zero attached hydrogens (tertiary/aromatic N) is 1. The van der Waals surface area contributed by atoms with E-state index in [1.807, 2.05) is 42.3 Å². The molecule has 0 fully saturated rings. The summed E-state index contributed by atoms with van der Waals surface area (Å²) in [6, 6.07) is 16.0. The SMILES string of the molecule is CC(=O)C1(N)c2c(Cl)cccc2C(c2ccccc2)CN1C.Cl. The van der Waals surface area contributed by atoms with Crippen molar-refractivity contribution >= 4 is 29.8 Å². The van der Waals surface area contributed by atoms with E-state index in [1.54, 1.807) is 6.07 Å². The molecular formula is C18H20Cl2N2O. The fourth-order valence-electron chi connectivity index (χ4n) is 3.36. The summed E-state index contributed by atoms with van der Waals surface area (Å²) in [6.45, 7) is 2.19. The van der Waals surface area contributed by atoms with Crippen molar-refractivity contribution in [3.63, 3.8) is 0 Å². The topological polar surface area (TPSA) is 46.3 Å². The van der Waals surface area contributed by atoms with Crippen molar-refractivity contribution in [3.05, 3.63) is 70.2 Å². The number of benzene rings is 2. The molecule has 2 atom stereocenters. The van der Waals surface area contributed by atoms with Crippen LogP contribution in [-0.4, -0.2) is 24.3 Å². The number of halogens is 2. The largest absolute Gasteiger partial charge is 0.303 e. The van der Waals surface area contributed by atoms with E-state index in [4.69, 9.17) is 17.3 Å². The predicted molar refractivity (Wildman–Crippen MR) is 96.2 cm³/mol. The van der Waals surface area contributed by atoms with E-state index < -0.39 is 5.66 Å². The molecule has 0 amide bonds. The first-order valence-corrected chi connectivity index (χ1v) is 7.69. The van der Waals surface area contributed by atoms with E-state index in [0.29, 0.717) is 11.6 Å². The van der Waals surface area contributed by atoms with Gasteiger partial charge in [0.2, 0.25) is 0 Å². The van der Waals surface area contributed by atoms with Gasteiger partial charge in [0.15, 0.2) is 11.4 Å². The van der Waals surface area contributed by atoms with Crippen molar-refractivity contribution in [2.45, 2.75) is 18.5 Å². The van der Waals surface area contributed by atoms with Crippen LogP contribution in [0.3, 0.4) is 0 Å². The molecule has 0 bridgehead atoms. The Hall–Kier alpha value is -1.39. The van der Waals surface area contributed by atoms with Gasteiger partial charge in [-0.05, 0) is 31.2 Å². The number of fused-ring (bicyclic) bond motifs is 1. The van der Waals surface area contributed by atoms with Crippen molar-refractivity contribution in [1.82, 2.24) is 4.90 Å². The van der Waals surface area contributed by atoms with Crippen LogP contribution in [0.2, 0.25) is 5.02 Å². The lowest BCUT2D eigenvalue weighted by molar-refractivity contribution is -0.129. The van der Waals surface area contributed by atoms with Gasteiger partial charge in [0, 0.05) is 23.0 Å². The number of carbonyl (C=O) groups is 1. The predicted octanol–water partition coefficient (Wildman–Crippen LogP) is 3.54. The smallest absolute Gasteiger partial charge is 0.169 e. The minimum absolute atomic E-state index is 0. The zero-order chi connectivity index (χ0) is 15.9. The second kappa shape index (κ2) is 6.62. The normalized spacial score (nSPS) is 23.7. The molecular weight excluding hydrogens is 331 g/mol. The summed E-state index contributed by atoms with van der Waals surface area (Å²) in [6.07, 6.45) is 0. The van der Waals surface area contributed by atoms with Gasteiger partial charge in [0.1, 0.15) is 0 Å². The van der Waals surface area contributed by atoms with Gasteiger partial charge in [-0.15, -0.1) is 12.4 Å². The molecule has 1 aliphatic heterocycles. The lowest BCUT2D eigenvalue weighted by Gasteiger charge is -2.45. The average molecular weight is 351 g/mol. The molecule has 5 heteroatoms. The van der Waals surface area contributed by atoms with Crippen LogP contribution >= 0.6 is 24.0 Å². The second-order valence-electron chi connectivity index (χ2n) is 5.87. The van der Waals surface area contributed by atoms with E-state index >= 15 is 0 Å². The molecule has 0 saturated carbocycles. The van der Waals surface area contributed by atoms with Gasteiger partial charge in [-0.1, -0.05) is 54.1 Å². The summed E-state index contributed by atoms with van der Waals surface area (Å²) >= 11 is 6.43. The van der Waals surface area contributed by atoms with Gasteiger partial charge in [-0.25, -0.2) is 0 Å². The molecule has 2 aromatic rings.